The third-order valence-corrected chi connectivity index (χ3v) is 5.15. The van der Waals surface area contributed by atoms with Crippen LogP contribution in [0.1, 0.15) is 31.1 Å². The van der Waals surface area contributed by atoms with Gasteiger partial charge in [-0.1, -0.05) is 18.2 Å². The van der Waals surface area contributed by atoms with E-state index in [9.17, 15) is 4.79 Å². The number of nitrogens with one attached hydrogen (secondary N) is 1. The zero-order valence-corrected chi connectivity index (χ0v) is 17.6. The number of benzene rings is 3. The highest BCUT2D eigenvalue weighted by Gasteiger charge is 2.14. The normalized spacial score (nSPS) is 11.0. The van der Waals surface area contributed by atoms with E-state index in [0.29, 0.717) is 30.3 Å². The van der Waals surface area contributed by atoms with E-state index in [4.69, 9.17) is 9.47 Å². The Kier molecular flexibility index (Phi) is 5.61. The molecular formula is C25H26N2O3. The third-order valence-electron chi connectivity index (χ3n) is 5.15. The van der Waals surface area contributed by atoms with Crippen LogP contribution in [0.2, 0.25) is 0 Å². The number of amides is 1. The number of para-hydroxylation sites is 1. The number of carbonyl (C=O) groups is 1. The number of hydrogen-bond acceptors (Lipinski definition) is 3. The zero-order valence-electron chi connectivity index (χ0n) is 17.6. The lowest BCUT2D eigenvalue weighted by molar-refractivity contribution is 0.102. The maximum absolute atomic E-state index is 12.9. The fraction of sp³-hybridized carbons (Fsp3) is 0.240. The van der Waals surface area contributed by atoms with Gasteiger partial charge in [0.2, 0.25) is 0 Å². The molecule has 0 unspecified atom stereocenters. The van der Waals surface area contributed by atoms with Gasteiger partial charge in [-0.2, -0.15) is 0 Å². The number of fused-ring (bicyclic) bond motifs is 3. The topological polar surface area (TPSA) is 52.5 Å². The van der Waals surface area contributed by atoms with Crippen LogP contribution < -0.4 is 14.8 Å². The standard InChI is InChI=1S/C25H26N2O3/c1-4-27-21-10-8-7-9-19(21)20-16-18(12-13-22(20)27)26-25(28)17-11-14-23(29-5-2)24(15-17)30-6-3/h7-16H,4-6H2,1-3H3,(H,26,28). The molecule has 0 spiro atoms. The van der Waals surface area contributed by atoms with Gasteiger partial charge in [-0.15, -0.1) is 0 Å². The van der Waals surface area contributed by atoms with Gasteiger partial charge >= 0.3 is 0 Å². The summed E-state index contributed by atoms with van der Waals surface area (Å²) in [5.74, 6) is 1.04. The molecule has 0 saturated heterocycles. The molecule has 1 aromatic heterocycles. The van der Waals surface area contributed by atoms with Gasteiger partial charge in [0.05, 0.1) is 13.2 Å². The summed E-state index contributed by atoms with van der Waals surface area (Å²) in [6, 6.07) is 19.7. The molecule has 0 saturated carbocycles. The maximum Gasteiger partial charge on any atom is 0.255 e. The summed E-state index contributed by atoms with van der Waals surface area (Å²) in [6.45, 7) is 7.90. The first-order valence-corrected chi connectivity index (χ1v) is 10.4. The van der Waals surface area contributed by atoms with Gasteiger partial charge in [-0.05, 0) is 63.2 Å². The Hall–Kier alpha value is -3.47. The molecule has 4 aromatic rings. The zero-order chi connectivity index (χ0) is 21.1. The number of carbonyl (C=O) groups excluding carboxylic acids is 1. The fourth-order valence-electron chi connectivity index (χ4n) is 3.87. The Morgan fingerprint density at radius 3 is 2.33 bits per heavy atom. The van der Waals surface area contributed by atoms with Crippen molar-refractivity contribution in [1.82, 2.24) is 4.57 Å². The number of anilines is 1. The molecule has 1 N–H and O–H groups in total. The van der Waals surface area contributed by atoms with Crippen molar-refractivity contribution in [3.63, 3.8) is 0 Å². The number of nitrogens with zero attached hydrogens (tertiary/aromatic N) is 1. The average Bonchev–Trinajstić information content (AvgIpc) is 3.08. The van der Waals surface area contributed by atoms with E-state index in [1.54, 1.807) is 18.2 Å². The Bertz CT molecular complexity index is 1210. The first-order valence-electron chi connectivity index (χ1n) is 10.4. The van der Waals surface area contributed by atoms with Crippen molar-refractivity contribution in [2.75, 3.05) is 18.5 Å². The molecule has 0 aliphatic carbocycles. The Labute approximate surface area is 176 Å². The van der Waals surface area contributed by atoms with E-state index in [0.717, 1.165) is 23.1 Å². The summed E-state index contributed by atoms with van der Waals surface area (Å²) in [4.78, 5) is 12.9. The van der Waals surface area contributed by atoms with Gasteiger partial charge < -0.3 is 19.4 Å². The highest BCUT2D eigenvalue weighted by molar-refractivity contribution is 6.11. The SMILES string of the molecule is CCOc1ccc(C(=O)Nc2ccc3c(c2)c2ccccc2n3CC)cc1OCC. The highest BCUT2D eigenvalue weighted by Crippen LogP contribution is 2.32. The molecule has 5 heteroatoms. The van der Waals surface area contributed by atoms with Crippen molar-refractivity contribution in [3.8, 4) is 11.5 Å². The Balaban J connectivity index is 1.66. The largest absolute Gasteiger partial charge is 0.490 e. The molecule has 0 radical (unpaired) electrons. The predicted molar refractivity (Wildman–Crippen MR) is 122 cm³/mol. The van der Waals surface area contributed by atoms with E-state index in [2.05, 4.69) is 41.1 Å². The summed E-state index contributed by atoms with van der Waals surface area (Å²) >= 11 is 0. The van der Waals surface area contributed by atoms with Crippen LogP contribution in [0.4, 0.5) is 5.69 Å². The van der Waals surface area contributed by atoms with E-state index < -0.39 is 0 Å². The monoisotopic (exact) mass is 402 g/mol. The van der Waals surface area contributed by atoms with E-state index >= 15 is 0 Å². The van der Waals surface area contributed by atoms with Crippen LogP contribution in [0.5, 0.6) is 11.5 Å². The van der Waals surface area contributed by atoms with Crippen molar-refractivity contribution in [2.24, 2.45) is 0 Å². The van der Waals surface area contributed by atoms with Crippen molar-refractivity contribution < 1.29 is 14.3 Å². The molecule has 0 bridgehead atoms. The second-order valence-electron chi connectivity index (χ2n) is 6.98. The van der Waals surface area contributed by atoms with Crippen molar-refractivity contribution >= 4 is 33.4 Å². The molecule has 5 nitrogen and oxygen atoms in total. The van der Waals surface area contributed by atoms with E-state index in [-0.39, 0.29) is 5.91 Å². The second kappa shape index (κ2) is 8.49. The Morgan fingerprint density at radius 1 is 0.833 bits per heavy atom. The molecule has 30 heavy (non-hydrogen) atoms. The van der Waals surface area contributed by atoms with Crippen molar-refractivity contribution in [2.45, 2.75) is 27.3 Å². The molecular weight excluding hydrogens is 376 g/mol. The van der Waals surface area contributed by atoms with Crippen LogP contribution in [-0.2, 0) is 6.54 Å². The first kappa shape index (κ1) is 19.8. The fourth-order valence-corrected chi connectivity index (χ4v) is 3.87. The molecule has 1 amide bonds. The summed E-state index contributed by atoms with van der Waals surface area (Å²) in [6.07, 6.45) is 0. The van der Waals surface area contributed by atoms with Crippen molar-refractivity contribution in [1.29, 1.82) is 0 Å². The minimum absolute atomic E-state index is 0.183. The van der Waals surface area contributed by atoms with E-state index in [1.807, 2.05) is 32.0 Å². The summed E-state index contributed by atoms with van der Waals surface area (Å²) < 4.78 is 13.5. The number of hydrogen-bond donors (Lipinski definition) is 1. The lowest BCUT2D eigenvalue weighted by Crippen LogP contribution is -2.12. The maximum atomic E-state index is 12.9. The number of aromatic nitrogens is 1. The second-order valence-corrected chi connectivity index (χ2v) is 6.98. The molecule has 1 heterocycles. The predicted octanol–water partition coefficient (Wildman–Crippen LogP) is 5.86. The minimum Gasteiger partial charge on any atom is -0.490 e. The Morgan fingerprint density at radius 2 is 1.57 bits per heavy atom. The number of ether oxygens (including phenoxy) is 2. The highest BCUT2D eigenvalue weighted by atomic mass is 16.5. The van der Waals surface area contributed by atoms with Crippen LogP contribution >= 0.6 is 0 Å². The van der Waals surface area contributed by atoms with Gasteiger partial charge in [-0.3, -0.25) is 4.79 Å². The number of aryl methyl sites for hydroxylation is 1. The molecule has 154 valence electrons. The quantitative estimate of drug-likeness (QED) is 0.421. The summed E-state index contributed by atoms with van der Waals surface area (Å²) in [7, 11) is 0. The first-order chi connectivity index (χ1) is 14.7. The smallest absolute Gasteiger partial charge is 0.255 e. The molecule has 3 aromatic carbocycles. The van der Waals surface area contributed by atoms with Gasteiger partial charge in [0.25, 0.3) is 5.91 Å². The van der Waals surface area contributed by atoms with Gasteiger partial charge in [0, 0.05) is 39.6 Å². The van der Waals surface area contributed by atoms with Gasteiger partial charge in [0.1, 0.15) is 0 Å². The van der Waals surface area contributed by atoms with Gasteiger partial charge in [0.15, 0.2) is 11.5 Å². The van der Waals surface area contributed by atoms with E-state index in [1.165, 1.54) is 10.9 Å². The summed E-state index contributed by atoms with van der Waals surface area (Å²) in [5.41, 5.74) is 3.65. The minimum atomic E-state index is -0.183. The molecule has 0 aliphatic rings. The lowest BCUT2D eigenvalue weighted by atomic mass is 10.1. The molecule has 0 atom stereocenters. The van der Waals surface area contributed by atoms with Crippen LogP contribution in [-0.4, -0.2) is 23.7 Å². The average molecular weight is 402 g/mol. The van der Waals surface area contributed by atoms with Crippen LogP contribution in [0, 0.1) is 0 Å². The van der Waals surface area contributed by atoms with Crippen LogP contribution in [0.15, 0.2) is 60.7 Å². The number of rotatable bonds is 7. The molecule has 0 fully saturated rings. The third kappa shape index (κ3) is 3.59. The molecule has 0 aliphatic heterocycles. The van der Waals surface area contributed by atoms with Crippen molar-refractivity contribution in [3.05, 3.63) is 66.2 Å². The molecule has 4 rings (SSSR count). The van der Waals surface area contributed by atoms with Crippen LogP contribution in [0.25, 0.3) is 21.8 Å². The van der Waals surface area contributed by atoms with Crippen LogP contribution in [0.3, 0.4) is 0 Å². The lowest BCUT2D eigenvalue weighted by Gasteiger charge is -2.12. The summed E-state index contributed by atoms with van der Waals surface area (Å²) in [5, 5.41) is 5.34. The van der Waals surface area contributed by atoms with Gasteiger partial charge in [-0.25, -0.2) is 0 Å².